The summed E-state index contributed by atoms with van der Waals surface area (Å²) in [6, 6.07) is 0. The number of carbonyl (C=O) groups excluding carboxylic acids is 2. The Balaban J connectivity index is 2.97. The molecule has 0 spiro atoms. The van der Waals surface area contributed by atoms with Gasteiger partial charge in [0.15, 0.2) is 6.29 Å². The monoisotopic (exact) mass is 100 g/mol. The fourth-order valence-electron chi connectivity index (χ4n) is 0.153. The van der Waals surface area contributed by atoms with Crippen LogP contribution in [0.1, 0.15) is 12.8 Å². The molecule has 3 heteroatoms. The molecule has 2 radical (unpaired) electrons. The molecule has 0 atom stereocenters. The van der Waals surface area contributed by atoms with Crippen LogP contribution in [-0.4, -0.2) is 12.3 Å². The van der Waals surface area contributed by atoms with E-state index in [2.05, 4.69) is 0 Å². The summed E-state index contributed by atoms with van der Waals surface area (Å²) in [7, 11) is 0. The summed E-state index contributed by atoms with van der Waals surface area (Å²) in [6.07, 6.45) is 1.14. The van der Waals surface area contributed by atoms with Crippen LogP contribution in [0.5, 0.6) is 0 Å². The van der Waals surface area contributed by atoms with Gasteiger partial charge in [0.2, 0.25) is 0 Å². The van der Waals surface area contributed by atoms with Crippen molar-refractivity contribution in [2.24, 2.45) is 0 Å². The lowest BCUT2D eigenvalue weighted by Gasteiger charge is -1.74. The summed E-state index contributed by atoms with van der Waals surface area (Å²) in [5, 5.41) is 9.47. The molecule has 0 aromatic heterocycles. The molecule has 0 aromatic carbocycles. The van der Waals surface area contributed by atoms with Gasteiger partial charge < -0.3 is 0 Å². The number of rotatable bonds is 3. The predicted molar refractivity (Wildman–Crippen MR) is 20.6 cm³/mol. The van der Waals surface area contributed by atoms with E-state index in [-0.39, 0.29) is 12.8 Å². The maximum Gasteiger partial charge on any atom is 0.356 e. The first-order valence-corrected chi connectivity index (χ1v) is 1.82. The molecule has 0 aliphatic heterocycles. The number of carbonyl (C=O) groups is 1. The minimum atomic E-state index is -1.21. The van der Waals surface area contributed by atoms with Crippen LogP contribution in [0.25, 0.3) is 0 Å². The van der Waals surface area contributed by atoms with Gasteiger partial charge in [-0.15, -0.1) is 0 Å². The zero-order valence-corrected chi connectivity index (χ0v) is 3.64. The average molecular weight is 100 g/mol. The highest BCUT2D eigenvalue weighted by Crippen LogP contribution is 1.81. The summed E-state index contributed by atoms with van der Waals surface area (Å²) in [5.74, 6) is -1.21. The molecule has 0 saturated heterocycles. The third-order valence-electron chi connectivity index (χ3n) is 0.431. The van der Waals surface area contributed by atoms with E-state index in [1.54, 1.807) is 0 Å². The van der Waals surface area contributed by atoms with Crippen molar-refractivity contribution in [3.05, 3.63) is 0 Å². The Bertz CT molecular complexity index is 77.0. The lowest BCUT2D eigenvalue weighted by Crippen LogP contribution is -1.90. The highest BCUT2D eigenvalue weighted by atomic mass is 16.4. The van der Waals surface area contributed by atoms with Gasteiger partial charge in [-0.2, -0.15) is 0 Å². The highest BCUT2D eigenvalue weighted by molar-refractivity contribution is 5.69. The SMILES string of the molecule is [O]C(=O)CC[C]=O. The molecule has 3 nitrogen and oxygen atoms in total. The van der Waals surface area contributed by atoms with Crippen molar-refractivity contribution >= 4 is 12.3 Å². The molecule has 0 N–H and O–H groups in total. The number of hydrogen-bond acceptors (Lipinski definition) is 2. The fraction of sp³-hybridized carbons (Fsp3) is 0.500. The standard InChI is InChI=1S/C4H4O3/c5-3-1-2-4(6)7/h1-2H2. The normalized spacial score (nSPS) is 8.00. The lowest BCUT2D eigenvalue weighted by molar-refractivity contribution is -0.142. The zero-order valence-electron chi connectivity index (χ0n) is 3.64. The van der Waals surface area contributed by atoms with Crippen molar-refractivity contribution in [3.63, 3.8) is 0 Å². The Morgan fingerprint density at radius 1 is 1.57 bits per heavy atom. The van der Waals surface area contributed by atoms with Crippen LogP contribution in [-0.2, 0) is 14.7 Å². The van der Waals surface area contributed by atoms with E-state index in [1.165, 1.54) is 6.29 Å². The van der Waals surface area contributed by atoms with Crippen LogP contribution in [0, 0.1) is 0 Å². The van der Waals surface area contributed by atoms with Crippen molar-refractivity contribution < 1.29 is 14.7 Å². The van der Waals surface area contributed by atoms with Crippen molar-refractivity contribution in [1.82, 2.24) is 0 Å². The molecule has 38 valence electrons. The first kappa shape index (κ1) is 6.14. The van der Waals surface area contributed by atoms with E-state index < -0.39 is 5.97 Å². The molecule has 0 rings (SSSR count). The molecular formula is C4H4O3. The van der Waals surface area contributed by atoms with Crippen LogP contribution in [0.15, 0.2) is 0 Å². The molecule has 0 unspecified atom stereocenters. The van der Waals surface area contributed by atoms with Crippen LogP contribution < -0.4 is 0 Å². The van der Waals surface area contributed by atoms with Gasteiger partial charge in [-0.05, 0) is 0 Å². The Morgan fingerprint density at radius 3 is 2.29 bits per heavy atom. The minimum absolute atomic E-state index is 0.0671. The average Bonchev–Trinajstić information content (AvgIpc) is 1.61. The maximum atomic E-state index is 9.47. The summed E-state index contributed by atoms with van der Waals surface area (Å²) in [4.78, 5) is 18.8. The van der Waals surface area contributed by atoms with Crippen LogP contribution >= 0.6 is 0 Å². The van der Waals surface area contributed by atoms with Crippen LogP contribution in [0.4, 0.5) is 0 Å². The van der Waals surface area contributed by atoms with Gasteiger partial charge >= 0.3 is 5.97 Å². The van der Waals surface area contributed by atoms with Crippen LogP contribution in [0.3, 0.4) is 0 Å². The lowest BCUT2D eigenvalue weighted by atomic mass is 10.3. The Kier molecular flexibility index (Phi) is 2.92. The predicted octanol–water partition coefficient (Wildman–Crippen LogP) is -0.167. The fourth-order valence-corrected chi connectivity index (χ4v) is 0.153. The van der Waals surface area contributed by atoms with Gasteiger partial charge in [-0.1, -0.05) is 0 Å². The van der Waals surface area contributed by atoms with E-state index in [9.17, 15) is 14.7 Å². The zero-order chi connectivity index (χ0) is 5.70. The third-order valence-corrected chi connectivity index (χ3v) is 0.431. The van der Waals surface area contributed by atoms with E-state index in [0.29, 0.717) is 0 Å². The van der Waals surface area contributed by atoms with E-state index in [1.807, 2.05) is 0 Å². The molecule has 0 fully saturated rings. The number of hydrogen-bond donors (Lipinski definition) is 0. The largest absolute Gasteiger partial charge is 0.356 e. The Morgan fingerprint density at radius 2 is 2.14 bits per heavy atom. The smallest absolute Gasteiger partial charge is 0.291 e. The van der Waals surface area contributed by atoms with Crippen molar-refractivity contribution in [3.8, 4) is 0 Å². The van der Waals surface area contributed by atoms with Gasteiger partial charge in [-0.3, -0.25) is 4.79 Å². The van der Waals surface area contributed by atoms with Crippen LogP contribution in [0.2, 0.25) is 0 Å². The van der Waals surface area contributed by atoms with Gasteiger partial charge in [0.1, 0.15) is 0 Å². The molecule has 0 bridgehead atoms. The Hall–Kier alpha value is -0.860. The van der Waals surface area contributed by atoms with E-state index in [4.69, 9.17) is 0 Å². The van der Waals surface area contributed by atoms with Crippen molar-refractivity contribution in [2.45, 2.75) is 12.8 Å². The molecule has 0 heterocycles. The molecule has 0 aliphatic rings. The summed E-state index contributed by atoms with van der Waals surface area (Å²) >= 11 is 0. The Labute approximate surface area is 41.0 Å². The van der Waals surface area contributed by atoms with Gasteiger partial charge in [-0.25, -0.2) is 9.90 Å². The molecule has 0 aliphatic carbocycles. The second-order valence-corrected chi connectivity index (χ2v) is 1.02. The quantitative estimate of drug-likeness (QED) is 0.494. The molecule has 0 aromatic rings. The van der Waals surface area contributed by atoms with E-state index >= 15 is 0 Å². The minimum Gasteiger partial charge on any atom is -0.291 e. The first-order valence-electron chi connectivity index (χ1n) is 1.82. The van der Waals surface area contributed by atoms with Crippen molar-refractivity contribution in [1.29, 1.82) is 0 Å². The van der Waals surface area contributed by atoms with Gasteiger partial charge in [0.05, 0.1) is 6.42 Å². The topological polar surface area (TPSA) is 54.0 Å². The second-order valence-electron chi connectivity index (χ2n) is 1.02. The summed E-state index contributed by atoms with van der Waals surface area (Å²) in [5.41, 5.74) is 0. The first-order chi connectivity index (χ1) is 3.27. The second kappa shape index (κ2) is 3.33. The summed E-state index contributed by atoms with van der Waals surface area (Å²) < 4.78 is 0. The summed E-state index contributed by atoms with van der Waals surface area (Å²) in [6.45, 7) is 0. The highest BCUT2D eigenvalue weighted by Gasteiger charge is 1.95. The van der Waals surface area contributed by atoms with Crippen molar-refractivity contribution in [2.75, 3.05) is 0 Å². The maximum absolute atomic E-state index is 9.47. The molecule has 7 heavy (non-hydrogen) atoms. The van der Waals surface area contributed by atoms with Gasteiger partial charge in [0.25, 0.3) is 0 Å². The van der Waals surface area contributed by atoms with E-state index in [0.717, 1.165) is 0 Å². The molecule has 0 amide bonds. The molecular weight excluding hydrogens is 96.0 g/mol. The third kappa shape index (κ3) is 5.14. The molecule has 0 saturated carbocycles. The van der Waals surface area contributed by atoms with Gasteiger partial charge in [0, 0.05) is 6.42 Å².